The second kappa shape index (κ2) is 5.43. The van der Waals surface area contributed by atoms with Crippen molar-refractivity contribution in [3.8, 4) is 11.5 Å². The van der Waals surface area contributed by atoms with Crippen molar-refractivity contribution in [2.45, 2.75) is 12.5 Å². The van der Waals surface area contributed by atoms with E-state index in [1.165, 1.54) is 5.56 Å². The van der Waals surface area contributed by atoms with Crippen LogP contribution >= 0.6 is 0 Å². The van der Waals surface area contributed by atoms with Gasteiger partial charge in [0.05, 0.1) is 0 Å². The van der Waals surface area contributed by atoms with Gasteiger partial charge in [-0.3, -0.25) is 0 Å². The minimum Gasteiger partial charge on any atom is -0.486 e. The maximum absolute atomic E-state index is 6.28. The fourth-order valence-electron chi connectivity index (χ4n) is 2.42. The molecule has 1 aliphatic heterocycles. The van der Waals surface area contributed by atoms with Crippen molar-refractivity contribution < 1.29 is 9.47 Å². The Morgan fingerprint density at radius 1 is 1.00 bits per heavy atom. The lowest BCUT2D eigenvalue weighted by atomic mass is 9.98. The Labute approximate surface area is 118 Å². The van der Waals surface area contributed by atoms with E-state index in [-0.39, 0.29) is 6.04 Å². The van der Waals surface area contributed by atoms with Crippen molar-refractivity contribution in [1.82, 2.24) is 0 Å². The predicted octanol–water partition coefficient (Wildman–Crippen LogP) is 2.28. The number of fused-ring (bicyclic) bond motifs is 1. The SMILES string of the molecule is Nc1cc2c(cc1C(N)Cc1ccccc1)OCCO2. The Morgan fingerprint density at radius 3 is 2.35 bits per heavy atom. The number of nitrogen functional groups attached to an aromatic ring is 1. The summed E-state index contributed by atoms with van der Waals surface area (Å²) in [4.78, 5) is 0. The molecule has 0 aliphatic carbocycles. The van der Waals surface area contributed by atoms with Crippen LogP contribution in [0.3, 0.4) is 0 Å². The summed E-state index contributed by atoms with van der Waals surface area (Å²) in [5, 5.41) is 0. The van der Waals surface area contributed by atoms with Gasteiger partial charge in [-0.2, -0.15) is 0 Å². The number of nitrogens with two attached hydrogens (primary N) is 2. The van der Waals surface area contributed by atoms with Crippen LogP contribution in [0.5, 0.6) is 11.5 Å². The molecule has 0 spiro atoms. The molecule has 0 saturated heterocycles. The van der Waals surface area contributed by atoms with Crippen molar-refractivity contribution >= 4 is 5.69 Å². The van der Waals surface area contributed by atoms with Gasteiger partial charge in [0.1, 0.15) is 13.2 Å². The molecule has 3 rings (SSSR count). The van der Waals surface area contributed by atoms with Crippen LogP contribution in [-0.4, -0.2) is 13.2 Å². The van der Waals surface area contributed by atoms with Gasteiger partial charge in [-0.1, -0.05) is 30.3 Å². The molecule has 4 nitrogen and oxygen atoms in total. The average Bonchev–Trinajstić information content (AvgIpc) is 2.47. The van der Waals surface area contributed by atoms with Gasteiger partial charge in [0.15, 0.2) is 11.5 Å². The summed E-state index contributed by atoms with van der Waals surface area (Å²) in [5.74, 6) is 1.42. The largest absolute Gasteiger partial charge is 0.486 e. The molecule has 0 aromatic heterocycles. The van der Waals surface area contributed by atoms with E-state index < -0.39 is 0 Å². The van der Waals surface area contributed by atoms with E-state index in [2.05, 4.69) is 12.1 Å². The Kier molecular flexibility index (Phi) is 3.48. The zero-order chi connectivity index (χ0) is 13.9. The number of hydrogen-bond acceptors (Lipinski definition) is 4. The maximum Gasteiger partial charge on any atom is 0.163 e. The molecule has 0 fully saturated rings. The minimum atomic E-state index is -0.159. The van der Waals surface area contributed by atoms with E-state index >= 15 is 0 Å². The molecular formula is C16H18N2O2. The Bertz CT molecular complexity index is 599. The molecular weight excluding hydrogens is 252 g/mol. The van der Waals surface area contributed by atoms with Gasteiger partial charge >= 0.3 is 0 Å². The molecule has 4 heteroatoms. The fraction of sp³-hybridized carbons (Fsp3) is 0.250. The lowest BCUT2D eigenvalue weighted by Crippen LogP contribution is -2.19. The molecule has 4 N–H and O–H groups in total. The van der Waals surface area contributed by atoms with E-state index in [4.69, 9.17) is 20.9 Å². The molecule has 1 atom stereocenters. The van der Waals surface area contributed by atoms with Gasteiger partial charge in [-0.05, 0) is 23.6 Å². The number of ether oxygens (including phenoxy) is 2. The van der Waals surface area contributed by atoms with Crippen LogP contribution in [0.2, 0.25) is 0 Å². The van der Waals surface area contributed by atoms with Crippen molar-refractivity contribution in [1.29, 1.82) is 0 Å². The second-order valence-corrected chi connectivity index (χ2v) is 4.92. The van der Waals surface area contributed by atoms with Gasteiger partial charge in [0.2, 0.25) is 0 Å². The number of benzene rings is 2. The fourth-order valence-corrected chi connectivity index (χ4v) is 2.42. The van der Waals surface area contributed by atoms with Crippen LogP contribution in [0.1, 0.15) is 17.2 Å². The molecule has 0 bridgehead atoms. The molecule has 1 heterocycles. The number of anilines is 1. The van der Waals surface area contributed by atoms with Crippen molar-refractivity contribution in [2.24, 2.45) is 5.73 Å². The Hall–Kier alpha value is -2.20. The quantitative estimate of drug-likeness (QED) is 0.839. The summed E-state index contributed by atoms with van der Waals surface area (Å²) in [6, 6.07) is 13.7. The first-order valence-electron chi connectivity index (χ1n) is 6.72. The van der Waals surface area contributed by atoms with Gasteiger partial charge in [0, 0.05) is 17.8 Å². The molecule has 2 aromatic carbocycles. The molecule has 104 valence electrons. The van der Waals surface area contributed by atoms with Crippen LogP contribution in [-0.2, 0) is 6.42 Å². The van der Waals surface area contributed by atoms with E-state index in [9.17, 15) is 0 Å². The van der Waals surface area contributed by atoms with Crippen LogP contribution in [0.4, 0.5) is 5.69 Å². The second-order valence-electron chi connectivity index (χ2n) is 4.92. The lowest BCUT2D eigenvalue weighted by molar-refractivity contribution is 0.171. The van der Waals surface area contributed by atoms with Gasteiger partial charge < -0.3 is 20.9 Å². The lowest BCUT2D eigenvalue weighted by Gasteiger charge is -2.22. The predicted molar refractivity (Wildman–Crippen MR) is 78.9 cm³/mol. The minimum absolute atomic E-state index is 0.159. The third-order valence-corrected chi connectivity index (χ3v) is 3.45. The third kappa shape index (κ3) is 2.56. The molecule has 2 aromatic rings. The summed E-state index contributed by atoms with van der Waals surface area (Å²) in [6.45, 7) is 1.12. The van der Waals surface area contributed by atoms with Gasteiger partial charge in [-0.25, -0.2) is 0 Å². The number of hydrogen-bond donors (Lipinski definition) is 2. The summed E-state index contributed by atoms with van der Waals surface area (Å²) in [6.07, 6.45) is 0.741. The smallest absolute Gasteiger partial charge is 0.163 e. The topological polar surface area (TPSA) is 70.5 Å². The van der Waals surface area contributed by atoms with Crippen LogP contribution in [0.15, 0.2) is 42.5 Å². The zero-order valence-corrected chi connectivity index (χ0v) is 11.2. The van der Waals surface area contributed by atoms with Crippen LogP contribution in [0.25, 0.3) is 0 Å². The summed E-state index contributed by atoms with van der Waals surface area (Å²) < 4.78 is 11.1. The average molecular weight is 270 g/mol. The highest BCUT2D eigenvalue weighted by Gasteiger charge is 2.18. The molecule has 20 heavy (non-hydrogen) atoms. The Morgan fingerprint density at radius 2 is 1.65 bits per heavy atom. The molecule has 0 saturated carbocycles. The highest BCUT2D eigenvalue weighted by Crippen LogP contribution is 2.36. The highest BCUT2D eigenvalue weighted by atomic mass is 16.6. The first kappa shape index (κ1) is 12.8. The standard InChI is InChI=1S/C16H18N2O2/c17-13(8-11-4-2-1-3-5-11)12-9-15-16(10-14(12)18)20-7-6-19-15/h1-5,9-10,13H,6-8,17-18H2. The van der Waals surface area contributed by atoms with E-state index in [1.807, 2.05) is 24.3 Å². The van der Waals surface area contributed by atoms with Crippen molar-refractivity contribution in [2.75, 3.05) is 18.9 Å². The first-order valence-corrected chi connectivity index (χ1v) is 6.72. The zero-order valence-electron chi connectivity index (χ0n) is 11.2. The molecule has 0 radical (unpaired) electrons. The summed E-state index contributed by atoms with van der Waals surface area (Å²) >= 11 is 0. The molecule has 1 unspecified atom stereocenters. The summed E-state index contributed by atoms with van der Waals surface area (Å²) in [7, 11) is 0. The number of rotatable bonds is 3. The normalized spacial score (nSPS) is 14.8. The molecule has 0 amide bonds. The summed E-state index contributed by atoms with van der Waals surface area (Å²) in [5.41, 5.74) is 15.1. The van der Waals surface area contributed by atoms with E-state index in [0.717, 1.165) is 17.7 Å². The third-order valence-electron chi connectivity index (χ3n) is 3.45. The van der Waals surface area contributed by atoms with Crippen molar-refractivity contribution in [3.05, 3.63) is 53.6 Å². The van der Waals surface area contributed by atoms with Crippen molar-refractivity contribution in [3.63, 3.8) is 0 Å². The van der Waals surface area contributed by atoms with E-state index in [0.29, 0.717) is 24.7 Å². The van der Waals surface area contributed by atoms with Crippen LogP contribution < -0.4 is 20.9 Å². The Balaban J connectivity index is 1.86. The molecule has 1 aliphatic rings. The van der Waals surface area contributed by atoms with Crippen LogP contribution in [0, 0.1) is 0 Å². The maximum atomic E-state index is 6.28. The first-order chi connectivity index (χ1) is 9.74. The van der Waals surface area contributed by atoms with E-state index in [1.54, 1.807) is 6.07 Å². The highest BCUT2D eigenvalue weighted by molar-refractivity contribution is 5.59. The van der Waals surface area contributed by atoms with Gasteiger partial charge in [-0.15, -0.1) is 0 Å². The van der Waals surface area contributed by atoms with Gasteiger partial charge in [0.25, 0.3) is 0 Å². The monoisotopic (exact) mass is 270 g/mol.